The number of halogens is 1. The lowest BCUT2D eigenvalue weighted by Crippen LogP contribution is -2.20. The Morgan fingerprint density at radius 1 is 1.40 bits per heavy atom. The summed E-state index contributed by atoms with van der Waals surface area (Å²) >= 11 is 3.57. The Labute approximate surface area is 128 Å². The Morgan fingerprint density at radius 3 is 3.05 bits per heavy atom. The minimum Gasteiger partial charge on any atom is -0.383 e. The fourth-order valence-electron chi connectivity index (χ4n) is 2.05. The normalized spacial score (nSPS) is 12.1. The maximum Gasteiger partial charge on any atom is 0.0785 e. The quantitative estimate of drug-likeness (QED) is 0.819. The predicted molar refractivity (Wildman–Crippen MR) is 87.8 cm³/mol. The predicted octanol–water partition coefficient (Wildman–Crippen LogP) is 3.64. The number of methoxy groups -OCH3 is 1. The van der Waals surface area contributed by atoms with E-state index in [2.05, 4.69) is 57.4 Å². The third kappa shape index (κ3) is 3.88. The highest BCUT2D eigenvalue weighted by atomic mass is 79.9. The van der Waals surface area contributed by atoms with Gasteiger partial charge in [0.1, 0.15) is 0 Å². The molecule has 0 aliphatic rings. The third-order valence-corrected chi connectivity index (χ3v) is 3.73. The van der Waals surface area contributed by atoms with Gasteiger partial charge in [0.25, 0.3) is 0 Å². The number of nitrogens with zero attached hydrogens (tertiary/aromatic N) is 1. The molecule has 0 fully saturated rings. The summed E-state index contributed by atoms with van der Waals surface area (Å²) < 4.78 is 6.09. The third-order valence-electron chi connectivity index (χ3n) is 3.04. The van der Waals surface area contributed by atoms with Gasteiger partial charge in [0, 0.05) is 41.8 Å². The van der Waals surface area contributed by atoms with Crippen molar-refractivity contribution in [3.05, 3.63) is 46.1 Å². The van der Waals surface area contributed by atoms with Crippen LogP contribution in [0.2, 0.25) is 0 Å². The van der Waals surface area contributed by atoms with Crippen LogP contribution < -0.4 is 5.32 Å². The summed E-state index contributed by atoms with van der Waals surface area (Å²) in [6, 6.07) is 8.20. The molecule has 0 bridgehead atoms. The molecule has 1 aromatic heterocycles. The van der Waals surface area contributed by atoms with Gasteiger partial charge >= 0.3 is 0 Å². The molecule has 20 heavy (non-hydrogen) atoms. The van der Waals surface area contributed by atoms with E-state index in [0.29, 0.717) is 0 Å². The number of rotatable bonds is 6. The van der Waals surface area contributed by atoms with Crippen LogP contribution in [0.4, 0.5) is 0 Å². The standard InChI is InChI=1S/C16H19BrN2O/c1-12(11-18-8-9-20-2)10-13-5-6-15(17)14-4-3-7-19-16(13)14/h3-7,10,18H,8-9,11H2,1-2H3/b12-10+. The van der Waals surface area contributed by atoms with E-state index in [1.54, 1.807) is 7.11 Å². The Balaban J connectivity index is 2.18. The van der Waals surface area contributed by atoms with Gasteiger partial charge in [0.15, 0.2) is 0 Å². The maximum atomic E-state index is 5.02. The van der Waals surface area contributed by atoms with E-state index in [1.807, 2.05) is 12.3 Å². The van der Waals surface area contributed by atoms with Crippen molar-refractivity contribution in [2.75, 3.05) is 26.8 Å². The van der Waals surface area contributed by atoms with Crippen LogP contribution in [0.1, 0.15) is 12.5 Å². The topological polar surface area (TPSA) is 34.1 Å². The molecule has 1 aromatic carbocycles. The molecule has 1 heterocycles. The van der Waals surface area contributed by atoms with E-state index in [1.165, 1.54) is 5.57 Å². The molecule has 106 valence electrons. The van der Waals surface area contributed by atoms with Crippen LogP contribution in [0.25, 0.3) is 17.0 Å². The second-order valence-corrected chi connectivity index (χ2v) is 5.55. The van der Waals surface area contributed by atoms with Crippen LogP contribution in [0.15, 0.2) is 40.5 Å². The highest BCUT2D eigenvalue weighted by Crippen LogP contribution is 2.26. The van der Waals surface area contributed by atoms with Gasteiger partial charge in [-0.05, 0) is 19.1 Å². The van der Waals surface area contributed by atoms with Gasteiger partial charge in [-0.2, -0.15) is 0 Å². The van der Waals surface area contributed by atoms with Crippen LogP contribution in [-0.4, -0.2) is 31.8 Å². The van der Waals surface area contributed by atoms with Gasteiger partial charge in [0.2, 0.25) is 0 Å². The first kappa shape index (κ1) is 15.2. The minimum absolute atomic E-state index is 0.732. The maximum absolute atomic E-state index is 5.02. The fraction of sp³-hybridized carbons (Fsp3) is 0.312. The summed E-state index contributed by atoms with van der Waals surface area (Å²) in [4.78, 5) is 4.49. The second-order valence-electron chi connectivity index (χ2n) is 4.70. The molecular weight excluding hydrogens is 316 g/mol. The highest BCUT2D eigenvalue weighted by Gasteiger charge is 2.03. The first-order valence-corrected chi connectivity index (χ1v) is 7.41. The molecule has 0 unspecified atom stereocenters. The number of aromatic nitrogens is 1. The van der Waals surface area contributed by atoms with E-state index in [4.69, 9.17) is 4.74 Å². The zero-order valence-corrected chi connectivity index (χ0v) is 13.4. The molecule has 0 radical (unpaired) electrons. The Hall–Kier alpha value is -1.23. The summed E-state index contributed by atoms with van der Waals surface area (Å²) in [6.45, 7) is 4.57. The van der Waals surface area contributed by atoms with Gasteiger partial charge in [-0.25, -0.2) is 0 Å². The summed E-state index contributed by atoms with van der Waals surface area (Å²) in [7, 11) is 1.71. The first-order chi connectivity index (χ1) is 9.72. The van der Waals surface area contributed by atoms with E-state index < -0.39 is 0 Å². The van der Waals surface area contributed by atoms with Crippen LogP contribution in [0.3, 0.4) is 0 Å². The molecule has 2 rings (SSSR count). The molecule has 2 aromatic rings. The number of hydrogen-bond acceptors (Lipinski definition) is 3. The average Bonchev–Trinajstić information content (AvgIpc) is 2.47. The van der Waals surface area contributed by atoms with Crippen molar-refractivity contribution in [1.29, 1.82) is 0 Å². The second kappa shape index (κ2) is 7.53. The van der Waals surface area contributed by atoms with Gasteiger partial charge in [-0.1, -0.05) is 39.7 Å². The monoisotopic (exact) mass is 334 g/mol. The molecule has 0 aliphatic heterocycles. The SMILES string of the molecule is COCCNC/C(C)=C/c1ccc(Br)c2cccnc12. The Morgan fingerprint density at radius 2 is 2.25 bits per heavy atom. The molecule has 0 amide bonds. The zero-order chi connectivity index (χ0) is 14.4. The van der Waals surface area contributed by atoms with Crippen molar-refractivity contribution in [2.45, 2.75) is 6.92 Å². The smallest absolute Gasteiger partial charge is 0.0785 e. The molecule has 0 saturated carbocycles. The van der Waals surface area contributed by atoms with Crippen molar-refractivity contribution in [2.24, 2.45) is 0 Å². The van der Waals surface area contributed by atoms with Crippen LogP contribution in [0, 0.1) is 0 Å². The molecule has 0 aliphatic carbocycles. The lowest BCUT2D eigenvalue weighted by atomic mass is 10.1. The molecule has 0 saturated heterocycles. The summed E-state index contributed by atoms with van der Waals surface area (Å²) in [5.74, 6) is 0. The van der Waals surface area contributed by atoms with Crippen LogP contribution >= 0.6 is 15.9 Å². The summed E-state index contributed by atoms with van der Waals surface area (Å²) in [5.41, 5.74) is 3.45. The Kier molecular flexibility index (Phi) is 5.71. The summed E-state index contributed by atoms with van der Waals surface area (Å²) in [6.07, 6.45) is 4.01. The number of fused-ring (bicyclic) bond motifs is 1. The summed E-state index contributed by atoms with van der Waals surface area (Å²) in [5, 5.41) is 4.48. The van der Waals surface area contributed by atoms with Crippen molar-refractivity contribution < 1.29 is 4.74 Å². The van der Waals surface area contributed by atoms with Gasteiger partial charge in [-0.3, -0.25) is 4.98 Å². The molecular formula is C16H19BrN2O. The fourth-order valence-corrected chi connectivity index (χ4v) is 2.50. The van der Waals surface area contributed by atoms with E-state index >= 15 is 0 Å². The number of benzene rings is 1. The highest BCUT2D eigenvalue weighted by molar-refractivity contribution is 9.10. The van der Waals surface area contributed by atoms with Crippen molar-refractivity contribution >= 4 is 32.9 Å². The van der Waals surface area contributed by atoms with Gasteiger partial charge in [0.05, 0.1) is 12.1 Å². The molecule has 1 N–H and O–H groups in total. The van der Waals surface area contributed by atoms with E-state index in [9.17, 15) is 0 Å². The number of hydrogen-bond donors (Lipinski definition) is 1. The molecule has 0 atom stereocenters. The van der Waals surface area contributed by atoms with E-state index in [0.717, 1.165) is 40.6 Å². The zero-order valence-electron chi connectivity index (χ0n) is 11.8. The van der Waals surface area contributed by atoms with Crippen molar-refractivity contribution in [3.63, 3.8) is 0 Å². The van der Waals surface area contributed by atoms with Crippen molar-refractivity contribution in [3.8, 4) is 0 Å². The number of ether oxygens (including phenoxy) is 1. The van der Waals surface area contributed by atoms with E-state index in [-0.39, 0.29) is 0 Å². The molecule has 3 nitrogen and oxygen atoms in total. The number of pyridine rings is 1. The Bertz CT molecular complexity index is 610. The van der Waals surface area contributed by atoms with Gasteiger partial charge < -0.3 is 10.1 Å². The lowest BCUT2D eigenvalue weighted by molar-refractivity contribution is 0.200. The van der Waals surface area contributed by atoms with Crippen LogP contribution in [-0.2, 0) is 4.74 Å². The first-order valence-electron chi connectivity index (χ1n) is 6.62. The largest absolute Gasteiger partial charge is 0.383 e. The van der Waals surface area contributed by atoms with Gasteiger partial charge in [-0.15, -0.1) is 0 Å². The lowest BCUT2D eigenvalue weighted by Gasteiger charge is -2.07. The number of nitrogens with one attached hydrogen (secondary N) is 1. The minimum atomic E-state index is 0.732. The average molecular weight is 335 g/mol. The van der Waals surface area contributed by atoms with Crippen molar-refractivity contribution in [1.82, 2.24) is 10.3 Å². The molecule has 0 spiro atoms. The van der Waals surface area contributed by atoms with Crippen LogP contribution in [0.5, 0.6) is 0 Å². The molecule has 4 heteroatoms.